The molecule has 3 aromatic rings. The molecule has 102 valence electrons. The van der Waals surface area contributed by atoms with Crippen LogP contribution in [0.5, 0.6) is 0 Å². The van der Waals surface area contributed by atoms with E-state index in [4.69, 9.17) is 8.94 Å². The number of fused-ring (bicyclic) bond motifs is 1. The molecular formula is C15H15N3O2. The van der Waals surface area contributed by atoms with Crippen LogP contribution >= 0.6 is 0 Å². The Morgan fingerprint density at radius 2 is 2.15 bits per heavy atom. The zero-order valence-corrected chi connectivity index (χ0v) is 11.1. The number of nitrogens with zero attached hydrogens (tertiary/aromatic N) is 3. The van der Waals surface area contributed by atoms with Crippen LogP contribution in [0.2, 0.25) is 0 Å². The molecule has 0 amide bonds. The van der Waals surface area contributed by atoms with E-state index in [0.29, 0.717) is 6.54 Å². The molecule has 0 N–H and O–H groups in total. The summed E-state index contributed by atoms with van der Waals surface area (Å²) in [7, 11) is 0. The highest BCUT2D eigenvalue weighted by Crippen LogP contribution is 2.25. The lowest BCUT2D eigenvalue weighted by Gasteiger charge is -2.09. The molecular weight excluding hydrogens is 254 g/mol. The van der Waals surface area contributed by atoms with E-state index in [1.807, 2.05) is 29.1 Å². The first kappa shape index (κ1) is 11.5. The number of hydrogen-bond acceptors (Lipinski definition) is 4. The molecule has 5 nitrogen and oxygen atoms in total. The zero-order chi connectivity index (χ0) is 13.4. The van der Waals surface area contributed by atoms with Gasteiger partial charge in [-0.2, -0.15) is 5.10 Å². The summed E-state index contributed by atoms with van der Waals surface area (Å²) in [4.78, 5) is 0. The van der Waals surface area contributed by atoms with Crippen molar-refractivity contribution in [2.75, 3.05) is 0 Å². The Kier molecular flexibility index (Phi) is 2.69. The lowest BCUT2D eigenvalue weighted by Crippen LogP contribution is -2.06. The predicted octanol–water partition coefficient (Wildman–Crippen LogP) is 3.06. The number of aryl methyl sites for hydroxylation is 1. The van der Waals surface area contributed by atoms with Crippen LogP contribution in [0.1, 0.15) is 29.9 Å². The molecule has 0 aliphatic heterocycles. The van der Waals surface area contributed by atoms with E-state index in [1.54, 1.807) is 6.26 Å². The fourth-order valence-electron chi connectivity index (χ4n) is 2.73. The summed E-state index contributed by atoms with van der Waals surface area (Å²) in [5.41, 5.74) is 3.13. The second-order valence-corrected chi connectivity index (χ2v) is 5.11. The first-order valence-corrected chi connectivity index (χ1v) is 6.94. The van der Waals surface area contributed by atoms with Gasteiger partial charge in [0.15, 0.2) is 5.76 Å². The molecule has 0 bridgehead atoms. The van der Waals surface area contributed by atoms with Crippen molar-refractivity contribution in [3.63, 3.8) is 0 Å². The molecule has 0 spiro atoms. The quantitative estimate of drug-likeness (QED) is 0.733. The molecule has 3 heterocycles. The minimum Gasteiger partial charge on any atom is -0.463 e. The maximum absolute atomic E-state index is 5.43. The van der Waals surface area contributed by atoms with Crippen LogP contribution in [0.3, 0.4) is 0 Å². The van der Waals surface area contributed by atoms with Gasteiger partial charge in [0.25, 0.3) is 0 Å². The molecule has 0 aromatic carbocycles. The molecule has 0 saturated heterocycles. The third kappa shape index (κ3) is 1.95. The Balaban J connectivity index is 1.59. The van der Waals surface area contributed by atoms with Gasteiger partial charge in [-0.15, -0.1) is 0 Å². The highest BCUT2D eigenvalue weighted by atomic mass is 16.5. The van der Waals surface area contributed by atoms with E-state index in [-0.39, 0.29) is 0 Å². The molecule has 1 aliphatic rings. The fraction of sp³-hybridized carbons (Fsp3) is 0.333. The van der Waals surface area contributed by atoms with E-state index >= 15 is 0 Å². The summed E-state index contributed by atoms with van der Waals surface area (Å²) >= 11 is 0. The van der Waals surface area contributed by atoms with Crippen LogP contribution < -0.4 is 0 Å². The van der Waals surface area contributed by atoms with Crippen molar-refractivity contribution in [3.8, 4) is 11.5 Å². The number of furan rings is 1. The molecule has 0 radical (unpaired) electrons. The van der Waals surface area contributed by atoms with Gasteiger partial charge < -0.3 is 8.94 Å². The third-order valence-corrected chi connectivity index (χ3v) is 3.76. The van der Waals surface area contributed by atoms with Gasteiger partial charge in [-0.1, -0.05) is 5.16 Å². The van der Waals surface area contributed by atoms with E-state index in [2.05, 4.69) is 10.3 Å². The maximum atomic E-state index is 5.43. The Labute approximate surface area is 116 Å². The standard InChI is InChI=1S/C15H15N3O2/c1-2-5-14-11(4-1)13(17-20-14)10-18-8-7-12(16-18)15-6-3-9-19-15/h3,6-9H,1-2,4-5,10H2. The van der Waals surface area contributed by atoms with Crippen LogP contribution in [-0.2, 0) is 19.4 Å². The molecule has 0 unspecified atom stereocenters. The second-order valence-electron chi connectivity index (χ2n) is 5.11. The van der Waals surface area contributed by atoms with Gasteiger partial charge in [-0.25, -0.2) is 0 Å². The van der Waals surface area contributed by atoms with E-state index < -0.39 is 0 Å². The lowest BCUT2D eigenvalue weighted by atomic mass is 9.96. The van der Waals surface area contributed by atoms with Crippen LogP contribution in [0.25, 0.3) is 11.5 Å². The molecule has 1 aliphatic carbocycles. The topological polar surface area (TPSA) is 57.0 Å². The number of rotatable bonds is 3. The summed E-state index contributed by atoms with van der Waals surface area (Å²) in [5.74, 6) is 1.84. The van der Waals surface area contributed by atoms with Crippen molar-refractivity contribution in [2.45, 2.75) is 32.2 Å². The minimum atomic E-state index is 0.652. The Hall–Kier alpha value is -2.30. The first-order valence-electron chi connectivity index (χ1n) is 6.94. The molecule has 0 fully saturated rings. The van der Waals surface area contributed by atoms with Crippen LogP contribution in [0.4, 0.5) is 0 Å². The molecule has 20 heavy (non-hydrogen) atoms. The number of aromatic nitrogens is 3. The molecule has 0 saturated carbocycles. The normalized spacial score (nSPS) is 14.4. The number of hydrogen-bond donors (Lipinski definition) is 0. The van der Waals surface area contributed by atoms with Gasteiger partial charge in [0.1, 0.15) is 17.1 Å². The Bertz CT molecular complexity index is 709. The minimum absolute atomic E-state index is 0.652. The summed E-state index contributed by atoms with van der Waals surface area (Å²) in [5, 5.41) is 8.72. The summed E-state index contributed by atoms with van der Waals surface area (Å²) in [6.45, 7) is 0.652. The van der Waals surface area contributed by atoms with Crippen molar-refractivity contribution in [1.29, 1.82) is 0 Å². The van der Waals surface area contributed by atoms with Crippen molar-refractivity contribution in [2.24, 2.45) is 0 Å². The highest BCUT2D eigenvalue weighted by molar-refractivity contribution is 5.50. The van der Waals surface area contributed by atoms with Gasteiger partial charge in [0.2, 0.25) is 0 Å². The van der Waals surface area contributed by atoms with Gasteiger partial charge in [-0.3, -0.25) is 4.68 Å². The highest BCUT2D eigenvalue weighted by Gasteiger charge is 2.19. The first-order chi connectivity index (χ1) is 9.90. The summed E-state index contributed by atoms with van der Waals surface area (Å²) in [6.07, 6.45) is 8.10. The fourth-order valence-corrected chi connectivity index (χ4v) is 2.73. The van der Waals surface area contributed by atoms with Crippen LogP contribution in [-0.4, -0.2) is 14.9 Å². The molecule has 4 rings (SSSR count). The van der Waals surface area contributed by atoms with E-state index in [0.717, 1.165) is 35.7 Å². The smallest absolute Gasteiger partial charge is 0.154 e. The van der Waals surface area contributed by atoms with Gasteiger partial charge in [0, 0.05) is 18.2 Å². The molecule has 3 aromatic heterocycles. The van der Waals surface area contributed by atoms with Gasteiger partial charge >= 0.3 is 0 Å². The Morgan fingerprint density at radius 1 is 1.20 bits per heavy atom. The second kappa shape index (κ2) is 4.67. The van der Waals surface area contributed by atoms with Gasteiger partial charge in [0.05, 0.1) is 12.8 Å². The Morgan fingerprint density at radius 3 is 3.05 bits per heavy atom. The predicted molar refractivity (Wildman–Crippen MR) is 72.2 cm³/mol. The van der Waals surface area contributed by atoms with Gasteiger partial charge in [-0.05, 0) is 37.5 Å². The van der Waals surface area contributed by atoms with Crippen molar-refractivity contribution < 1.29 is 8.94 Å². The zero-order valence-electron chi connectivity index (χ0n) is 11.1. The molecule has 0 atom stereocenters. The van der Waals surface area contributed by atoms with Crippen LogP contribution in [0.15, 0.2) is 39.6 Å². The third-order valence-electron chi connectivity index (χ3n) is 3.76. The summed E-state index contributed by atoms with van der Waals surface area (Å²) < 4.78 is 12.7. The lowest BCUT2D eigenvalue weighted by molar-refractivity contribution is 0.366. The van der Waals surface area contributed by atoms with Crippen molar-refractivity contribution >= 4 is 0 Å². The van der Waals surface area contributed by atoms with Crippen LogP contribution in [0, 0.1) is 0 Å². The van der Waals surface area contributed by atoms with Crippen molar-refractivity contribution in [1.82, 2.24) is 14.9 Å². The summed E-state index contributed by atoms with van der Waals surface area (Å²) in [6, 6.07) is 5.72. The largest absolute Gasteiger partial charge is 0.463 e. The average Bonchev–Trinajstić information content (AvgIpc) is 3.19. The molecule has 5 heteroatoms. The van der Waals surface area contributed by atoms with E-state index in [9.17, 15) is 0 Å². The SMILES string of the molecule is c1coc(-c2ccn(Cc3noc4c3CCCC4)n2)c1. The monoisotopic (exact) mass is 269 g/mol. The van der Waals surface area contributed by atoms with Crippen molar-refractivity contribution in [3.05, 3.63) is 47.7 Å². The maximum Gasteiger partial charge on any atom is 0.154 e. The average molecular weight is 269 g/mol. The van der Waals surface area contributed by atoms with E-state index in [1.165, 1.54) is 18.4 Å².